The van der Waals surface area contributed by atoms with Gasteiger partial charge in [-0.3, -0.25) is 13.9 Å². The average Bonchev–Trinajstić information content (AvgIpc) is 3.50. The molecule has 0 radical (unpaired) electrons. The van der Waals surface area contributed by atoms with E-state index in [1.807, 2.05) is 13.8 Å². The molecule has 0 aromatic heterocycles. The second kappa shape index (κ2) is 14.3. The van der Waals surface area contributed by atoms with Gasteiger partial charge in [-0.2, -0.15) is 5.10 Å². The molecule has 4 rings (SSSR count). The summed E-state index contributed by atoms with van der Waals surface area (Å²) in [6.45, 7) is 4.38. The van der Waals surface area contributed by atoms with E-state index in [-0.39, 0.29) is 23.5 Å². The van der Waals surface area contributed by atoms with Crippen molar-refractivity contribution in [1.82, 2.24) is 10.7 Å². The Balaban J connectivity index is 1.34. The number of aryl methyl sites for hydroxylation is 2. The lowest BCUT2D eigenvalue weighted by Gasteiger charge is -2.24. The summed E-state index contributed by atoms with van der Waals surface area (Å²) in [5.41, 5.74) is 5.27. The van der Waals surface area contributed by atoms with E-state index < -0.39 is 22.5 Å². The molecule has 0 bridgehead atoms. The maximum atomic E-state index is 13.5. The standard InChI is InChI=1S/C30H33ClN4O6S/c1-21-5-10-25(16-22(21)2)35(42(38,39)28-13-8-24(31)9-14-28)19-29(36)34-33-17-23-6-11-26(12-7-23)41-20-30(37)32-18-27-4-3-15-40-27/h5-14,16-17,27H,3-4,15,18-20H2,1-2H3,(H,32,37)(H,34,36)/b33-17-/t27-/m0/s1. The van der Waals surface area contributed by atoms with Crippen molar-refractivity contribution in [2.24, 2.45) is 5.10 Å². The number of anilines is 1. The summed E-state index contributed by atoms with van der Waals surface area (Å²) >= 11 is 5.94. The molecule has 2 amide bonds. The van der Waals surface area contributed by atoms with Crippen molar-refractivity contribution in [1.29, 1.82) is 0 Å². The Kier molecular flexibility index (Phi) is 10.6. The van der Waals surface area contributed by atoms with Crippen LogP contribution in [0.5, 0.6) is 5.75 Å². The lowest BCUT2D eigenvalue weighted by atomic mass is 10.1. The van der Waals surface area contributed by atoms with E-state index in [1.54, 1.807) is 42.5 Å². The van der Waals surface area contributed by atoms with Crippen LogP contribution < -0.4 is 19.8 Å². The van der Waals surface area contributed by atoms with Gasteiger partial charge >= 0.3 is 0 Å². The van der Waals surface area contributed by atoms with Crippen LogP contribution in [-0.4, -0.2) is 58.9 Å². The number of nitrogens with zero attached hydrogens (tertiary/aromatic N) is 2. The van der Waals surface area contributed by atoms with E-state index in [2.05, 4.69) is 15.8 Å². The number of carbonyl (C=O) groups excluding carboxylic acids is 2. The number of hydrogen-bond acceptors (Lipinski definition) is 7. The molecule has 3 aromatic rings. The first kappa shape index (κ1) is 31.0. The van der Waals surface area contributed by atoms with Gasteiger partial charge in [-0.1, -0.05) is 17.7 Å². The summed E-state index contributed by atoms with van der Waals surface area (Å²) in [4.78, 5) is 24.8. The van der Waals surface area contributed by atoms with Crippen molar-refractivity contribution >= 4 is 45.3 Å². The molecule has 0 spiro atoms. The average molecular weight is 613 g/mol. The van der Waals surface area contributed by atoms with Crippen molar-refractivity contribution in [3.8, 4) is 5.75 Å². The van der Waals surface area contributed by atoms with E-state index in [0.717, 1.165) is 34.9 Å². The second-order valence-corrected chi connectivity index (χ2v) is 12.1. The topological polar surface area (TPSA) is 126 Å². The number of ether oxygens (including phenoxy) is 2. The Morgan fingerprint density at radius 3 is 2.45 bits per heavy atom. The summed E-state index contributed by atoms with van der Waals surface area (Å²) in [7, 11) is -4.08. The zero-order valence-electron chi connectivity index (χ0n) is 23.4. The number of carbonyl (C=O) groups is 2. The summed E-state index contributed by atoms with van der Waals surface area (Å²) in [5.74, 6) is -0.359. The van der Waals surface area contributed by atoms with E-state index in [1.165, 1.54) is 30.5 Å². The maximum Gasteiger partial charge on any atom is 0.264 e. The number of amides is 2. The van der Waals surface area contributed by atoms with Crippen LogP contribution in [0, 0.1) is 13.8 Å². The highest BCUT2D eigenvalue weighted by Crippen LogP contribution is 2.26. The molecule has 3 aromatic carbocycles. The first-order valence-corrected chi connectivity index (χ1v) is 15.2. The molecule has 42 heavy (non-hydrogen) atoms. The summed E-state index contributed by atoms with van der Waals surface area (Å²) in [6.07, 6.45) is 3.44. The van der Waals surface area contributed by atoms with Gasteiger partial charge < -0.3 is 14.8 Å². The van der Waals surface area contributed by atoms with Gasteiger partial charge in [-0.15, -0.1) is 0 Å². The number of nitrogens with one attached hydrogen (secondary N) is 2. The summed E-state index contributed by atoms with van der Waals surface area (Å²) in [6, 6.07) is 17.7. The van der Waals surface area contributed by atoms with Crippen LogP contribution in [0.3, 0.4) is 0 Å². The third-order valence-electron chi connectivity index (χ3n) is 6.67. The van der Waals surface area contributed by atoms with Gasteiger partial charge in [0, 0.05) is 18.2 Å². The lowest BCUT2D eigenvalue weighted by molar-refractivity contribution is -0.123. The maximum absolute atomic E-state index is 13.5. The Hall–Kier alpha value is -3.93. The molecular formula is C30H33ClN4O6S. The van der Waals surface area contributed by atoms with Gasteiger partial charge in [0.1, 0.15) is 12.3 Å². The minimum absolute atomic E-state index is 0.00375. The first-order valence-electron chi connectivity index (χ1n) is 13.4. The molecule has 1 atom stereocenters. The highest BCUT2D eigenvalue weighted by molar-refractivity contribution is 7.92. The monoisotopic (exact) mass is 612 g/mol. The van der Waals surface area contributed by atoms with Crippen molar-refractivity contribution in [3.05, 3.63) is 88.4 Å². The zero-order valence-corrected chi connectivity index (χ0v) is 25.0. The fourth-order valence-corrected chi connectivity index (χ4v) is 5.70. The largest absolute Gasteiger partial charge is 0.484 e. The van der Waals surface area contributed by atoms with Gasteiger partial charge in [0.2, 0.25) is 0 Å². The van der Waals surface area contributed by atoms with E-state index >= 15 is 0 Å². The molecule has 10 nitrogen and oxygen atoms in total. The highest BCUT2D eigenvalue weighted by Gasteiger charge is 2.27. The van der Waals surface area contributed by atoms with E-state index in [0.29, 0.717) is 28.6 Å². The predicted octanol–water partition coefficient (Wildman–Crippen LogP) is 3.98. The van der Waals surface area contributed by atoms with Crippen LogP contribution in [0.2, 0.25) is 5.02 Å². The quantitative estimate of drug-likeness (QED) is 0.235. The zero-order chi connectivity index (χ0) is 30.1. The summed E-state index contributed by atoms with van der Waals surface area (Å²) < 4.78 is 39.1. The molecule has 1 heterocycles. The highest BCUT2D eigenvalue weighted by atomic mass is 35.5. The molecular weight excluding hydrogens is 580 g/mol. The van der Waals surface area contributed by atoms with Crippen LogP contribution in [0.15, 0.2) is 76.7 Å². The normalized spacial score (nSPS) is 15.0. The van der Waals surface area contributed by atoms with Crippen LogP contribution in [0.25, 0.3) is 0 Å². The number of hydrazone groups is 1. The smallest absolute Gasteiger partial charge is 0.264 e. The molecule has 1 aliphatic heterocycles. The fraction of sp³-hybridized carbons (Fsp3) is 0.300. The van der Waals surface area contributed by atoms with Crippen LogP contribution >= 0.6 is 11.6 Å². The van der Waals surface area contributed by atoms with Crippen molar-refractivity contribution in [2.75, 3.05) is 30.6 Å². The minimum atomic E-state index is -4.08. The van der Waals surface area contributed by atoms with Gasteiger partial charge in [-0.05, 0) is 104 Å². The Morgan fingerprint density at radius 2 is 1.79 bits per heavy atom. The lowest BCUT2D eigenvalue weighted by Crippen LogP contribution is -2.39. The van der Waals surface area contributed by atoms with Crippen LogP contribution in [0.4, 0.5) is 5.69 Å². The van der Waals surface area contributed by atoms with E-state index in [4.69, 9.17) is 21.1 Å². The number of sulfonamides is 1. The number of benzene rings is 3. The van der Waals surface area contributed by atoms with E-state index in [9.17, 15) is 18.0 Å². The van der Waals surface area contributed by atoms with Gasteiger partial charge in [0.15, 0.2) is 6.61 Å². The van der Waals surface area contributed by atoms with Crippen molar-refractivity contribution in [2.45, 2.75) is 37.7 Å². The minimum Gasteiger partial charge on any atom is -0.484 e. The molecule has 1 saturated heterocycles. The number of hydrogen-bond donors (Lipinski definition) is 2. The second-order valence-electron chi connectivity index (χ2n) is 9.82. The van der Waals surface area contributed by atoms with Crippen molar-refractivity contribution in [3.63, 3.8) is 0 Å². The third kappa shape index (κ3) is 8.54. The van der Waals surface area contributed by atoms with Gasteiger partial charge in [0.25, 0.3) is 21.8 Å². The molecule has 1 aliphatic rings. The molecule has 222 valence electrons. The molecule has 1 fully saturated rings. The Morgan fingerprint density at radius 1 is 1.05 bits per heavy atom. The van der Waals surface area contributed by atoms with Crippen LogP contribution in [0.1, 0.15) is 29.5 Å². The molecule has 0 aliphatic carbocycles. The first-order chi connectivity index (χ1) is 20.1. The predicted molar refractivity (Wildman–Crippen MR) is 162 cm³/mol. The Bertz CT molecular complexity index is 1520. The fourth-order valence-electron chi connectivity index (χ4n) is 4.16. The van der Waals surface area contributed by atoms with Gasteiger partial charge in [0.05, 0.1) is 22.9 Å². The molecule has 2 N–H and O–H groups in total. The third-order valence-corrected chi connectivity index (χ3v) is 8.71. The van der Waals surface area contributed by atoms with Gasteiger partial charge in [-0.25, -0.2) is 13.8 Å². The SMILES string of the molecule is Cc1ccc(N(CC(=O)N/N=C\c2ccc(OCC(=O)NC[C@@H]3CCCO3)cc2)S(=O)(=O)c2ccc(Cl)cc2)cc1C. The Labute approximate surface area is 250 Å². The molecule has 12 heteroatoms. The number of rotatable bonds is 12. The number of halogens is 1. The molecule has 0 saturated carbocycles. The summed E-state index contributed by atoms with van der Waals surface area (Å²) in [5, 5.41) is 7.17. The van der Waals surface area contributed by atoms with Crippen LogP contribution in [-0.2, 0) is 24.3 Å². The molecule has 0 unspecified atom stereocenters. The van der Waals surface area contributed by atoms with Crippen molar-refractivity contribution < 1.29 is 27.5 Å².